The van der Waals surface area contributed by atoms with Gasteiger partial charge in [0.2, 0.25) is 5.91 Å². The van der Waals surface area contributed by atoms with Crippen molar-refractivity contribution in [2.75, 3.05) is 26.2 Å². The second-order valence-corrected chi connectivity index (χ2v) is 5.55. The summed E-state index contributed by atoms with van der Waals surface area (Å²) < 4.78 is 0. The summed E-state index contributed by atoms with van der Waals surface area (Å²) in [6.45, 7) is 5.09. The number of hydrogen-bond donors (Lipinski definition) is 1. The third-order valence-electron chi connectivity index (χ3n) is 3.81. The van der Waals surface area contributed by atoms with Gasteiger partial charge in [-0.25, -0.2) is 0 Å². The van der Waals surface area contributed by atoms with Crippen molar-refractivity contribution in [1.82, 2.24) is 9.80 Å². The molecular weight excluding hydrogens is 268 g/mol. The van der Waals surface area contributed by atoms with Crippen LogP contribution in [0.25, 0.3) is 0 Å². The van der Waals surface area contributed by atoms with Gasteiger partial charge in [-0.3, -0.25) is 14.5 Å². The minimum absolute atomic E-state index is 0.107. The molecule has 0 aliphatic carbocycles. The molecule has 5 nitrogen and oxygen atoms in total. The van der Waals surface area contributed by atoms with Crippen molar-refractivity contribution in [3.63, 3.8) is 0 Å². The zero-order chi connectivity index (χ0) is 15.2. The van der Waals surface area contributed by atoms with Crippen LogP contribution in [0.2, 0.25) is 0 Å². The molecule has 114 valence electrons. The Kier molecular flexibility index (Phi) is 5.33. The van der Waals surface area contributed by atoms with Crippen molar-refractivity contribution in [3.05, 3.63) is 35.9 Å². The molecule has 0 atom stereocenters. The van der Waals surface area contributed by atoms with Gasteiger partial charge >= 0.3 is 5.97 Å². The summed E-state index contributed by atoms with van der Waals surface area (Å²) >= 11 is 0. The van der Waals surface area contributed by atoms with Crippen LogP contribution < -0.4 is 0 Å². The molecule has 0 radical (unpaired) electrons. The van der Waals surface area contributed by atoms with E-state index in [1.54, 1.807) is 0 Å². The fraction of sp³-hybridized carbons (Fsp3) is 0.500. The average Bonchev–Trinajstić information content (AvgIpc) is 2.43. The highest BCUT2D eigenvalue weighted by Gasteiger charge is 2.30. The Balaban J connectivity index is 1.78. The van der Waals surface area contributed by atoms with Crippen molar-refractivity contribution < 1.29 is 14.7 Å². The lowest BCUT2D eigenvalue weighted by atomic mass is 9.96. The quantitative estimate of drug-likeness (QED) is 0.825. The number of carboxylic acids is 1. The summed E-state index contributed by atoms with van der Waals surface area (Å²) in [5.74, 6) is -0.458. The van der Waals surface area contributed by atoms with Crippen molar-refractivity contribution in [3.8, 4) is 0 Å². The molecule has 0 aromatic heterocycles. The molecule has 0 saturated carbocycles. The van der Waals surface area contributed by atoms with Gasteiger partial charge in [0, 0.05) is 26.2 Å². The second-order valence-electron chi connectivity index (χ2n) is 5.55. The van der Waals surface area contributed by atoms with E-state index in [0.717, 1.165) is 5.56 Å². The van der Waals surface area contributed by atoms with Gasteiger partial charge in [-0.2, -0.15) is 0 Å². The number of aliphatic carboxylic acids is 1. The van der Waals surface area contributed by atoms with E-state index in [4.69, 9.17) is 5.11 Å². The summed E-state index contributed by atoms with van der Waals surface area (Å²) in [6.07, 6.45) is 0.201. The number of carbonyl (C=O) groups excluding carboxylic acids is 1. The first-order valence-electron chi connectivity index (χ1n) is 7.34. The molecule has 2 rings (SSSR count). The van der Waals surface area contributed by atoms with Gasteiger partial charge in [-0.05, 0) is 18.4 Å². The van der Waals surface area contributed by atoms with E-state index in [0.29, 0.717) is 32.7 Å². The fourth-order valence-electron chi connectivity index (χ4n) is 2.65. The highest BCUT2D eigenvalue weighted by atomic mass is 16.4. The van der Waals surface area contributed by atoms with Gasteiger partial charge in [-0.15, -0.1) is 0 Å². The maximum atomic E-state index is 12.3. The number of amides is 1. The first-order valence-corrected chi connectivity index (χ1v) is 7.34. The summed E-state index contributed by atoms with van der Waals surface area (Å²) in [5.41, 5.74) is 1.13. The number of hydrogen-bond acceptors (Lipinski definition) is 3. The van der Waals surface area contributed by atoms with E-state index in [1.807, 2.05) is 47.1 Å². The topological polar surface area (TPSA) is 60.9 Å². The lowest BCUT2D eigenvalue weighted by molar-refractivity contribution is -0.140. The van der Waals surface area contributed by atoms with Crippen LogP contribution in [-0.2, 0) is 16.1 Å². The predicted molar refractivity (Wildman–Crippen MR) is 79.7 cm³/mol. The largest absolute Gasteiger partial charge is 0.481 e. The first kappa shape index (κ1) is 15.5. The van der Waals surface area contributed by atoms with Gasteiger partial charge < -0.3 is 10.0 Å². The lowest BCUT2D eigenvalue weighted by Gasteiger charge is -2.39. The molecule has 1 aromatic carbocycles. The summed E-state index contributed by atoms with van der Waals surface area (Å²) in [6, 6.07) is 9.94. The Morgan fingerprint density at radius 1 is 1.29 bits per heavy atom. The third-order valence-corrected chi connectivity index (χ3v) is 3.81. The maximum Gasteiger partial charge on any atom is 0.303 e. The van der Waals surface area contributed by atoms with Crippen LogP contribution in [-0.4, -0.2) is 53.0 Å². The molecule has 1 fully saturated rings. The minimum atomic E-state index is -0.759. The molecule has 0 spiro atoms. The van der Waals surface area contributed by atoms with Crippen molar-refractivity contribution in [1.29, 1.82) is 0 Å². The number of nitrogens with zero attached hydrogens (tertiary/aromatic N) is 2. The van der Waals surface area contributed by atoms with Gasteiger partial charge in [0.15, 0.2) is 0 Å². The lowest BCUT2D eigenvalue weighted by Crippen LogP contribution is -2.51. The Hall–Kier alpha value is -1.88. The highest BCUT2D eigenvalue weighted by molar-refractivity contribution is 5.78. The molecule has 0 bridgehead atoms. The molecule has 1 aromatic rings. The molecule has 1 amide bonds. The molecule has 1 aliphatic rings. The second kappa shape index (κ2) is 7.22. The van der Waals surface area contributed by atoms with Crippen molar-refractivity contribution >= 4 is 11.9 Å². The molecule has 1 saturated heterocycles. The smallest absolute Gasteiger partial charge is 0.303 e. The SMILES string of the molecule is CCN(Cc1ccccc1)C(=O)CN1CC(CC(=O)O)C1. The number of likely N-dealkylation sites (N-methyl/N-ethyl adjacent to an activating group) is 1. The summed E-state index contributed by atoms with van der Waals surface area (Å²) in [5, 5.41) is 8.71. The molecule has 5 heteroatoms. The van der Waals surface area contributed by atoms with Gasteiger partial charge in [0.25, 0.3) is 0 Å². The van der Waals surface area contributed by atoms with Gasteiger partial charge in [0.05, 0.1) is 13.0 Å². The van der Waals surface area contributed by atoms with Crippen LogP contribution in [0, 0.1) is 5.92 Å². The van der Waals surface area contributed by atoms with Crippen molar-refractivity contribution in [2.45, 2.75) is 19.9 Å². The maximum absolute atomic E-state index is 12.3. The van der Waals surface area contributed by atoms with Crippen molar-refractivity contribution in [2.24, 2.45) is 5.92 Å². The molecule has 1 heterocycles. The van der Waals surface area contributed by atoms with Crippen LogP contribution in [0.15, 0.2) is 30.3 Å². The standard InChI is InChI=1S/C16H22N2O3/c1-2-18(11-13-6-4-3-5-7-13)15(19)12-17-9-14(10-17)8-16(20)21/h3-7,14H,2,8-12H2,1H3,(H,20,21). The van der Waals surface area contributed by atoms with Crippen LogP contribution in [0.1, 0.15) is 18.9 Å². The Bertz CT molecular complexity index is 484. The summed E-state index contributed by atoms with van der Waals surface area (Å²) in [7, 11) is 0. The van der Waals surface area contributed by atoms with Crippen LogP contribution in [0.3, 0.4) is 0 Å². The fourth-order valence-corrected chi connectivity index (χ4v) is 2.65. The Morgan fingerprint density at radius 2 is 1.95 bits per heavy atom. The molecule has 0 unspecified atom stereocenters. The minimum Gasteiger partial charge on any atom is -0.481 e. The first-order chi connectivity index (χ1) is 10.1. The van der Waals surface area contributed by atoms with E-state index in [9.17, 15) is 9.59 Å². The van der Waals surface area contributed by atoms with Gasteiger partial charge in [0.1, 0.15) is 0 Å². The van der Waals surface area contributed by atoms with E-state index in [1.165, 1.54) is 0 Å². The third kappa shape index (κ3) is 4.56. The van der Waals surface area contributed by atoms with E-state index < -0.39 is 5.97 Å². The zero-order valence-corrected chi connectivity index (χ0v) is 12.4. The van der Waals surface area contributed by atoms with Crippen LogP contribution in [0.5, 0.6) is 0 Å². The zero-order valence-electron chi connectivity index (χ0n) is 12.4. The number of carbonyl (C=O) groups is 2. The molecule has 1 aliphatic heterocycles. The number of likely N-dealkylation sites (tertiary alicyclic amines) is 1. The average molecular weight is 290 g/mol. The Labute approximate surface area is 125 Å². The predicted octanol–water partition coefficient (Wildman–Crippen LogP) is 1.44. The van der Waals surface area contributed by atoms with Crippen LogP contribution in [0.4, 0.5) is 0 Å². The van der Waals surface area contributed by atoms with E-state index in [-0.39, 0.29) is 18.2 Å². The molecule has 1 N–H and O–H groups in total. The highest BCUT2D eigenvalue weighted by Crippen LogP contribution is 2.19. The molecular formula is C16H22N2O3. The monoisotopic (exact) mass is 290 g/mol. The van der Waals surface area contributed by atoms with Crippen LogP contribution >= 0.6 is 0 Å². The van der Waals surface area contributed by atoms with E-state index in [2.05, 4.69) is 0 Å². The van der Waals surface area contributed by atoms with Gasteiger partial charge in [-0.1, -0.05) is 30.3 Å². The number of rotatable bonds is 7. The molecule has 21 heavy (non-hydrogen) atoms. The normalized spacial score (nSPS) is 15.5. The number of benzene rings is 1. The summed E-state index contributed by atoms with van der Waals surface area (Å²) in [4.78, 5) is 26.7. The number of carboxylic acid groups (broad SMARTS) is 1. The van der Waals surface area contributed by atoms with E-state index >= 15 is 0 Å². The Morgan fingerprint density at radius 3 is 2.52 bits per heavy atom.